The van der Waals surface area contributed by atoms with E-state index >= 15 is 0 Å². The number of aromatic nitrogens is 3. The Labute approximate surface area is 163 Å². The number of hydrogen-bond donors (Lipinski definition) is 1. The summed E-state index contributed by atoms with van der Waals surface area (Å²) in [6.45, 7) is 4.65. The van der Waals surface area contributed by atoms with E-state index in [4.69, 9.17) is 4.74 Å². The fraction of sp³-hybridized carbons (Fsp3) is 0.286. The third-order valence-corrected chi connectivity index (χ3v) is 4.43. The molecule has 0 aliphatic carbocycles. The van der Waals surface area contributed by atoms with Crippen LogP contribution in [0.15, 0.2) is 48.8 Å². The van der Waals surface area contributed by atoms with Crippen molar-refractivity contribution in [3.63, 3.8) is 0 Å². The van der Waals surface area contributed by atoms with Gasteiger partial charge in [0.05, 0.1) is 13.2 Å². The molecule has 1 amide bonds. The molecule has 0 saturated carbocycles. The van der Waals surface area contributed by atoms with E-state index in [-0.39, 0.29) is 11.9 Å². The van der Waals surface area contributed by atoms with E-state index in [1.54, 1.807) is 41.1 Å². The SMILES string of the molecule is CCCn1ncnc1[C@@H](C)NC(=O)c1cccc(-c2ccc(OC)cc2F)c1. The van der Waals surface area contributed by atoms with Gasteiger partial charge in [-0.15, -0.1) is 0 Å². The van der Waals surface area contributed by atoms with Crippen molar-refractivity contribution in [2.75, 3.05) is 7.11 Å². The van der Waals surface area contributed by atoms with Gasteiger partial charge in [-0.3, -0.25) is 4.79 Å². The van der Waals surface area contributed by atoms with E-state index in [0.717, 1.165) is 13.0 Å². The highest BCUT2D eigenvalue weighted by atomic mass is 19.1. The normalized spacial score (nSPS) is 11.9. The Bertz CT molecular complexity index is 971. The molecule has 0 aliphatic rings. The molecule has 3 rings (SSSR count). The minimum atomic E-state index is -0.405. The summed E-state index contributed by atoms with van der Waals surface area (Å²) < 4.78 is 21.2. The van der Waals surface area contributed by atoms with Crippen LogP contribution in [0.1, 0.15) is 42.5 Å². The first-order chi connectivity index (χ1) is 13.5. The molecule has 2 aromatic carbocycles. The van der Waals surface area contributed by atoms with Crippen LogP contribution in [0.2, 0.25) is 0 Å². The molecular formula is C21H23FN4O2. The lowest BCUT2D eigenvalue weighted by Crippen LogP contribution is -2.29. The van der Waals surface area contributed by atoms with Gasteiger partial charge in [0.1, 0.15) is 23.7 Å². The Kier molecular flexibility index (Phi) is 6.03. The molecule has 0 fully saturated rings. The quantitative estimate of drug-likeness (QED) is 0.671. The van der Waals surface area contributed by atoms with Gasteiger partial charge < -0.3 is 10.1 Å². The van der Waals surface area contributed by atoms with Crippen molar-refractivity contribution in [1.29, 1.82) is 0 Å². The molecule has 1 atom stereocenters. The lowest BCUT2D eigenvalue weighted by Gasteiger charge is -2.15. The van der Waals surface area contributed by atoms with E-state index in [0.29, 0.717) is 28.3 Å². The third-order valence-electron chi connectivity index (χ3n) is 4.43. The van der Waals surface area contributed by atoms with Gasteiger partial charge in [-0.25, -0.2) is 14.1 Å². The van der Waals surface area contributed by atoms with Crippen molar-refractivity contribution in [3.8, 4) is 16.9 Å². The highest BCUT2D eigenvalue weighted by Crippen LogP contribution is 2.27. The van der Waals surface area contributed by atoms with Crippen LogP contribution in [-0.2, 0) is 6.54 Å². The van der Waals surface area contributed by atoms with Gasteiger partial charge >= 0.3 is 0 Å². The molecule has 6 nitrogen and oxygen atoms in total. The minimum absolute atomic E-state index is 0.255. The second-order valence-electron chi connectivity index (χ2n) is 6.46. The number of amides is 1. The van der Waals surface area contributed by atoms with E-state index in [9.17, 15) is 9.18 Å². The number of nitrogens with zero attached hydrogens (tertiary/aromatic N) is 3. The number of hydrogen-bond acceptors (Lipinski definition) is 4. The first-order valence-electron chi connectivity index (χ1n) is 9.16. The predicted octanol–water partition coefficient (Wildman–Crippen LogP) is 3.99. The zero-order valence-electron chi connectivity index (χ0n) is 16.1. The summed E-state index contributed by atoms with van der Waals surface area (Å²) in [5, 5.41) is 7.12. The van der Waals surface area contributed by atoms with Gasteiger partial charge in [-0.2, -0.15) is 5.10 Å². The van der Waals surface area contributed by atoms with Crippen molar-refractivity contribution in [1.82, 2.24) is 20.1 Å². The van der Waals surface area contributed by atoms with Crippen molar-refractivity contribution < 1.29 is 13.9 Å². The topological polar surface area (TPSA) is 69.0 Å². The van der Waals surface area contributed by atoms with Crippen molar-refractivity contribution in [2.45, 2.75) is 32.9 Å². The molecule has 0 radical (unpaired) electrons. The second-order valence-corrected chi connectivity index (χ2v) is 6.46. The maximum Gasteiger partial charge on any atom is 0.251 e. The van der Waals surface area contributed by atoms with Gasteiger partial charge in [0.15, 0.2) is 0 Å². The van der Waals surface area contributed by atoms with Crippen LogP contribution in [0.5, 0.6) is 5.75 Å². The molecular weight excluding hydrogens is 359 g/mol. The third kappa shape index (κ3) is 4.19. The van der Waals surface area contributed by atoms with Crippen LogP contribution in [-0.4, -0.2) is 27.8 Å². The largest absolute Gasteiger partial charge is 0.497 e. The summed E-state index contributed by atoms with van der Waals surface area (Å²) in [4.78, 5) is 17.0. The maximum absolute atomic E-state index is 14.4. The van der Waals surface area contributed by atoms with Gasteiger partial charge in [-0.05, 0) is 43.2 Å². The summed E-state index contributed by atoms with van der Waals surface area (Å²) in [6, 6.07) is 11.2. The summed E-state index contributed by atoms with van der Waals surface area (Å²) in [5.41, 5.74) is 1.47. The van der Waals surface area contributed by atoms with Gasteiger partial charge in [0.2, 0.25) is 0 Å². The summed E-state index contributed by atoms with van der Waals surface area (Å²) in [5.74, 6) is 0.486. The fourth-order valence-corrected chi connectivity index (χ4v) is 3.02. The number of nitrogens with one attached hydrogen (secondary N) is 1. The number of methoxy groups -OCH3 is 1. The zero-order valence-corrected chi connectivity index (χ0v) is 16.1. The Hall–Kier alpha value is -3.22. The average Bonchev–Trinajstić information content (AvgIpc) is 3.16. The van der Waals surface area contributed by atoms with Crippen molar-refractivity contribution in [2.24, 2.45) is 0 Å². The summed E-state index contributed by atoms with van der Waals surface area (Å²) >= 11 is 0. The van der Waals surface area contributed by atoms with Crippen LogP contribution in [0.4, 0.5) is 4.39 Å². The number of carbonyl (C=O) groups is 1. The summed E-state index contributed by atoms with van der Waals surface area (Å²) in [7, 11) is 1.49. The molecule has 0 unspecified atom stereocenters. The molecule has 0 saturated heterocycles. The van der Waals surface area contributed by atoms with Crippen molar-refractivity contribution >= 4 is 5.91 Å². The molecule has 3 aromatic rings. The Morgan fingerprint density at radius 2 is 2.11 bits per heavy atom. The molecule has 0 spiro atoms. The fourth-order valence-electron chi connectivity index (χ4n) is 3.02. The molecule has 28 heavy (non-hydrogen) atoms. The molecule has 1 aromatic heterocycles. The molecule has 1 N–H and O–H groups in total. The van der Waals surface area contributed by atoms with Crippen LogP contribution < -0.4 is 10.1 Å². The van der Waals surface area contributed by atoms with Crippen LogP contribution in [0.25, 0.3) is 11.1 Å². The molecule has 0 bridgehead atoms. The highest BCUT2D eigenvalue weighted by Gasteiger charge is 2.17. The Balaban J connectivity index is 1.80. The molecule has 146 valence electrons. The lowest BCUT2D eigenvalue weighted by molar-refractivity contribution is 0.0937. The number of halogens is 1. The molecule has 1 heterocycles. The van der Waals surface area contributed by atoms with E-state index in [1.165, 1.54) is 19.5 Å². The van der Waals surface area contributed by atoms with E-state index in [1.807, 2.05) is 6.92 Å². The van der Waals surface area contributed by atoms with Gasteiger partial charge in [0, 0.05) is 23.7 Å². The van der Waals surface area contributed by atoms with Crippen LogP contribution in [0.3, 0.4) is 0 Å². The molecule has 0 aliphatic heterocycles. The Morgan fingerprint density at radius 3 is 2.82 bits per heavy atom. The van der Waals surface area contributed by atoms with E-state index < -0.39 is 5.82 Å². The average molecular weight is 382 g/mol. The van der Waals surface area contributed by atoms with Crippen molar-refractivity contribution in [3.05, 3.63) is 66.0 Å². The number of rotatable bonds is 7. The highest BCUT2D eigenvalue weighted by molar-refractivity contribution is 5.95. The minimum Gasteiger partial charge on any atom is -0.497 e. The monoisotopic (exact) mass is 382 g/mol. The second kappa shape index (κ2) is 8.65. The van der Waals surface area contributed by atoms with Gasteiger partial charge in [-0.1, -0.05) is 19.1 Å². The number of benzene rings is 2. The maximum atomic E-state index is 14.4. The van der Waals surface area contributed by atoms with E-state index in [2.05, 4.69) is 22.3 Å². The number of carbonyl (C=O) groups excluding carboxylic acids is 1. The zero-order chi connectivity index (χ0) is 20.1. The number of ether oxygens (including phenoxy) is 1. The molecule has 7 heteroatoms. The smallest absolute Gasteiger partial charge is 0.251 e. The lowest BCUT2D eigenvalue weighted by atomic mass is 10.0. The van der Waals surface area contributed by atoms with Gasteiger partial charge in [0.25, 0.3) is 5.91 Å². The predicted molar refractivity (Wildman–Crippen MR) is 105 cm³/mol. The first kappa shape index (κ1) is 19.5. The van der Waals surface area contributed by atoms with Crippen LogP contribution in [0, 0.1) is 5.82 Å². The van der Waals surface area contributed by atoms with Crippen LogP contribution >= 0.6 is 0 Å². The standard InChI is InChI=1S/C21H23FN4O2/c1-4-10-26-20(23-13-24-26)14(2)25-21(27)16-7-5-6-15(11-16)18-9-8-17(28-3)12-19(18)22/h5-9,11-14H,4,10H2,1-3H3,(H,25,27)/t14-/m1/s1. The Morgan fingerprint density at radius 1 is 1.29 bits per heavy atom. The number of aryl methyl sites for hydroxylation is 1. The first-order valence-corrected chi connectivity index (χ1v) is 9.16. The summed E-state index contributed by atoms with van der Waals surface area (Å²) in [6.07, 6.45) is 2.41.